The third-order valence-corrected chi connectivity index (χ3v) is 0.276. The molecular formula is C4H3NaO4. The van der Waals surface area contributed by atoms with Crippen molar-refractivity contribution in [2.45, 2.75) is 0 Å². The fourth-order valence-corrected chi connectivity index (χ4v) is 0.107. The Morgan fingerprint density at radius 1 is 1.00 bits per heavy atom. The summed E-state index contributed by atoms with van der Waals surface area (Å²) in [6, 6.07) is 0. The molecule has 0 atom stereocenters. The van der Waals surface area contributed by atoms with Crippen LogP contribution in [0.3, 0.4) is 0 Å². The predicted octanol–water partition coefficient (Wildman–Crippen LogP) is -1.49. The van der Waals surface area contributed by atoms with E-state index in [0.717, 1.165) is 0 Å². The van der Waals surface area contributed by atoms with E-state index in [4.69, 9.17) is 10.2 Å². The summed E-state index contributed by atoms with van der Waals surface area (Å²) in [6.07, 6.45) is 0. The number of carboxylic acids is 2. The van der Waals surface area contributed by atoms with Crippen LogP contribution in [0.1, 0.15) is 0 Å². The maximum atomic E-state index is 9.47. The van der Waals surface area contributed by atoms with Crippen molar-refractivity contribution in [3.63, 3.8) is 0 Å². The molecular weight excluding hydrogens is 135 g/mol. The summed E-state index contributed by atoms with van der Waals surface area (Å²) in [4.78, 5) is 18.9. The fourth-order valence-electron chi connectivity index (χ4n) is 0.107. The molecule has 0 spiro atoms. The van der Waals surface area contributed by atoms with Crippen molar-refractivity contribution in [3.8, 4) is 11.8 Å². The van der Waals surface area contributed by atoms with Crippen molar-refractivity contribution in [2.24, 2.45) is 0 Å². The number of carbonyl (C=O) groups is 2. The number of carboxylic acid groups (broad SMARTS) is 2. The van der Waals surface area contributed by atoms with Crippen LogP contribution in [0.2, 0.25) is 0 Å². The van der Waals surface area contributed by atoms with Crippen LogP contribution in [-0.2, 0) is 9.59 Å². The van der Waals surface area contributed by atoms with Crippen molar-refractivity contribution in [1.29, 1.82) is 0 Å². The average Bonchev–Trinajstić information content (AvgIpc) is 1.61. The van der Waals surface area contributed by atoms with Crippen LogP contribution >= 0.6 is 0 Å². The first-order chi connectivity index (χ1) is 3.63. The Bertz CT molecular complexity index is 157. The molecule has 9 heavy (non-hydrogen) atoms. The second kappa shape index (κ2) is 5.63. The number of hydrogen-bond donors (Lipinski definition) is 2. The molecule has 0 aromatic carbocycles. The first kappa shape index (κ1) is 11.3. The fraction of sp³-hybridized carbons (Fsp3) is 0. The van der Waals surface area contributed by atoms with Gasteiger partial charge in [0.2, 0.25) is 0 Å². The Balaban J connectivity index is 0. The van der Waals surface area contributed by atoms with Gasteiger partial charge >= 0.3 is 41.5 Å². The Morgan fingerprint density at radius 2 is 1.22 bits per heavy atom. The second-order valence-electron chi connectivity index (χ2n) is 0.860. The molecule has 0 saturated carbocycles. The van der Waals surface area contributed by atoms with Gasteiger partial charge in [0.15, 0.2) is 0 Å². The third kappa shape index (κ3) is 11.2. The van der Waals surface area contributed by atoms with Crippen molar-refractivity contribution >= 4 is 41.5 Å². The Hall–Kier alpha value is -0.500. The molecule has 44 valence electrons. The molecule has 0 unspecified atom stereocenters. The molecule has 2 N–H and O–H groups in total. The summed E-state index contributed by atoms with van der Waals surface area (Å²) in [5, 5.41) is 15.5. The van der Waals surface area contributed by atoms with Crippen molar-refractivity contribution in [2.75, 3.05) is 0 Å². The third-order valence-electron chi connectivity index (χ3n) is 0.276. The van der Waals surface area contributed by atoms with E-state index in [2.05, 4.69) is 0 Å². The van der Waals surface area contributed by atoms with Crippen LogP contribution < -0.4 is 0 Å². The summed E-state index contributed by atoms with van der Waals surface area (Å²) < 4.78 is 0. The van der Waals surface area contributed by atoms with E-state index in [1.54, 1.807) is 0 Å². The van der Waals surface area contributed by atoms with Gasteiger partial charge in [-0.05, 0) is 0 Å². The average molecular weight is 138 g/mol. The summed E-state index contributed by atoms with van der Waals surface area (Å²) >= 11 is 0. The van der Waals surface area contributed by atoms with Crippen LogP contribution in [0.15, 0.2) is 0 Å². The van der Waals surface area contributed by atoms with Gasteiger partial charge in [0, 0.05) is 11.8 Å². The molecule has 0 aromatic rings. The molecule has 0 aliphatic rings. The van der Waals surface area contributed by atoms with Gasteiger partial charge in [-0.2, -0.15) is 0 Å². The van der Waals surface area contributed by atoms with Gasteiger partial charge in [-0.15, -0.1) is 0 Å². The molecule has 5 heteroatoms. The molecule has 0 aromatic heterocycles. The molecule has 0 aliphatic heterocycles. The number of rotatable bonds is 0. The zero-order chi connectivity index (χ0) is 6.57. The number of hydrogen-bond acceptors (Lipinski definition) is 2. The van der Waals surface area contributed by atoms with Gasteiger partial charge in [-0.1, -0.05) is 0 Å². The van der Waals surface area contributed by atoms with Gasteiger partial charge in [0.25, 0.3) is 0 Å². The van der Waals surface area contributed by atoms with Gasteiger partial charge in [-0.3, -0.25) is 0 Å². The van der Waals surface area contributed by atoms with Crippen LogP contribution in [0.5, 0.6) is 0 Å². The molecule has 0 bridgehead atoms. The Morgan fingerprint density at radius 3 is 1.33 bits per heavy atom. The molecule has 0 aliphatic carbocycles. The minimum absolute atomic E-state index is 0. The van der Waals surface area contributed by atoms with E-state index in [9.17, 15) is 9.59 Å². The van der Waals surface area contributed by atoms with E-state index in [1.807, 2.05) is 0 Å². The first-order valence-electron chi connectivity index (χ1n) is 1.61. The van der Waals surface area contributed by atoms with E-state index in [-0.39, 0.29) is 29.6 Å². The van der Waals surface area contributed by atoms with Gasteiger partial charge in [0.05, 0.1) is 0 Å². The zero-order valence-corrected chi connectivity index (χ0v) is 3.71. The summed E-state index contributed by atoms with van der Waals surface area (Å²) in [5.74, 6) is -0.0511. The van der Waals surface area contributed by atoms with E-state index >= 15 is 0 Å². The van der Waals surface area contributed by atoms with E-state index in [1.165, 1.54) is 11.8 Å². The predicted molar refractivity (Wildman–Crippen MR) is 30.2 cm³/mol. The molecule has 0 heterocycles. The Labute approximate surface area is 73.2 Å². The van der Waals surface area contributed by atoms with Crippen molar-refractivity contribution in [3.05, 3.63) is 0 Å². The summed E-state index contributed by atoms with van der Waals surface area (Å²) in [6.45, 7) is 0. The van der Waals surface area contributed by atoms with Crippen LogP contribution in [0.25, 0.3) is 0 Å². The zero-order valence-electron chi connectivity index (χ0n) is 3.71. The second-order valence-corrected chi connectivity index (χ2v) is 0.860. The van der Waals surface area contributed by atoms with E-state index < -0.39 is 11.9 Å². The molecule has 0 fully saturated rings. The first-order valence-corrected chi connectivity index (χ1v) is 1.61. The molecule has 0 radical (unpaired) electrons. The Kier molecular flexibility index (Phi) is 7.08. The van der Waals surface area contributed by atoms with E-state index in [0.29, 0.717) is 0 Å². The molecule has 0 rings (SSSR count). The van der Waals surface area contributed by atoms with Crippen molar-refractivity contribution < 1.29 is 19.8 Å². The molecule has 0 saturated heterocycles. The summed E-state index contributed by atoms with van der Waals surface area (Å²) in [5.41, 5.74) is 0. The van der Waals surface area contributed by atoms with Crippen molar-refractivity contribution in [1.82, 2.24) is 0 Å². The molecule has 4 nitrogen and oxygen atoms in total. The summed E-state index contributed by atoms with van der Waals surface area (Å²) in [7, 11) is 0. The van der Waals surface area contributed by atoms with Gasteiger partial charge in [0.1, 0.15) is 0 Å². The van der Waals surface area contributed by atoms with Gasteiger partial charge in [-0.25, -0.2) is 9.59 Å². The van der Waals surface area contributed by atoms with Crippen LogP contribution in [-0.4, -0.2) is 51.7 Å². The monoisotopic (exact) mass is 138 g/mol. The van der Waals surface area contributed by atoms with Crippen LogP contribution in [0, 0.1) is 11.8 Å². The standard InChI is InChI=1S/C4H2O4.Na.H/c5-3(6)1-2-4(7)8;;/h(H,5,6)(H,7,8);;. The maximum absolute atomic E-state index is 9.47. The minimum atomic E-state index is -1.44. The topological polar surface area (TPSA) is 74.6 Å². The quantitative estimate of drug-likeness (QED) is 0.316. The number of aliphatic carboxylic acids is 2. The van der Waals surface area contributed by atoms with Gasteiger partial charge < -0.3 is 10.2 Å². The SMILES string of the molecule is O=C(O)C#CC(=O)O.[NaH]. The molecule has 0 amide bonds. The van der Waals surface area contributed by atoms with Crippen LogP contribution in [0.4, 0.5) is 0 Å². The normalized spacial score (nSPS) is 5.78.